The van der Waals surface area contributed by atoms with Gasteiger partial charge >= 0.3 is 0 Å². The van der Waals surface area contributed by atoms with Crippen molar-refractivity contribution in [2.45, 2.75) is 41.4 Å². The summed E-state index contributed by atoms with van der Waals surface area (Å²) in [5, 5.41) is 9.81. The van der Waals surface area contributed by atoms with Gasteiger partial charge < -0.3 is 5.11 Å². The molecule has 2 saturated carbocycles. The predicted octanol–water partition coefficient (Wildman–Crippen LogP) is 1.33. The van der Waals surface area contributed by atoms with E-state index in [0.29, 0.717) is 12.8 Å². The Hall–Kier alpha value is -1.20. The Kier molecular flexibility index (Phi) is 2.80. The fourth-order valence-corrected chi connectivity index (χ4v) is 5.48. The van der Waals surface area contributed by atoms with E-state index < -0.39 is 20.7 Å². The summed E-state index contributed by atoms with van der Waals surface area (Å²) in [6.45, 7) is 0. The number of carbonyl (C=O) groups excluding carboxylic acids is 1. The molecule has 1 aromatic carbocycles. The lowest BCUT2D eigenvalue weighted by Crippen LogP contribution is -2.64. The van der Waals surface area contributed by atoms with Gasteiger partial charge in [-0.3, -0.25) is 4.79 Å². The minimum Gasteiger partial charge on any atom is -0.388 e. The molecule has 2 aliphatic carbocycles. The zero-order valence-corrected chi connectivity index (χ0v) is 11.3. The van der Waals surface area contributed by atoms with Crippen molar-refractivity contribution in [3.8, 4) is 0 Å². The SMILES string of the molecule is O=C1CC[C@@]2(O)[C@@H](C1)C[C@@H]2S(=O)(=O)c1ccccc1. The van der Waals surface area contributed by atoms with Crippen LogP contribution in [0.15, 0.2) is 35.2 Å². The van der Waals surface area contributed by atoms with Crippen LogP contribution in [0.3, 0.4) is 0 Å². The van der Waals surface area contributed by atoms with E-state index in [1.807, 2.05) is 0 Å². The van der Waals surface area contributed by atoms with Gasteiger partial charge in [0.05, 0.1) is 15.7 Å². The van der Waals surface area contributed by atoms with Crippen molar-refractivity contribution < 1.29 is 18.3 Å². The largest absolute Gasteiger partial charge is 0.388 e. The first kappa shape index (κ1) is 12.8. The Morgan fingerprint density at radius 2 is 1.89 bits per heavy atom. The first-order valence-corrected chi connectivity index (χ1v) is 8.02. The molecule has 1 aromatic rings. The Labute approximate surface area is 112 Å². The van der Waals surface area contributed by atoms with Gasteiger partial charge in [0.25, 0.3) is 0 Å². The van der Waals surface area contributed by atoms with Crippen LogP contribution < -0.4 is 0 Å². The van der Waals surface area contributed by atoms with Gasteiger partial charge in [0.15, 0.2) is 9.84 Å². The molecule has 0 aliphatic heterocycles. The number of carbonyl (C=O) groups is 1. The van der Waals surface area contributed by atoms with Gasteiger partial charge in [0.2, 0.25) is 0 Å². The first-order chi connectivity index (χ1) is 8.94. The summed E-state index contributed by atoms with van der Waals surface area (Å²) in [5.74, 6) is -0.0533. The number of hydrogen-bond donors (Lipinski definition) is 1. The summed E-state index contributed by atoms with van der Waals surface area (Å²) in [5.41, 5.74) is -1.21. The van der Waals surface area contributed by atoms with Crippen molar-refractivity contribution in [3.63, 3.8) is 0 Å². The van der Waals surface area contributed by atoms with Gasteiger partial charge in [0.1, 0.15) is 5.78 Å². The zero-order valence-electron chi connectivity index (χ0n) is 10.5. The fourth-order valence-electron chi connectivity index (χ4n) is 3.28. The quantitative estimate of drug-likeness (QED) is 0.887. The molecular weight excluding hydrogens is 264 g/mol. The molecule has 0 aromatic heterocycles. The monoisotopic (exact) mass is 280 g/mol. The molecule has 2 aliphatic rings. The van der Waals surface area contributed by atoms with Crippen LogP contribution in [0.2, 0.25) is 0 Å². The molecule has 0 saturated heterocycles. The highest BCUT2D eigenvalue weighted by Crippen LogP contribution is 2.51. The lowest BCUT2D eigenvalue weighted by Gasteiger charge is -2.53. The number of sulfone groups is 1. The molecule has 19 heavy (non-hydrogen) atoms. The van der Waals surface area contributed by atoms with E-state index in [0.717, 1.165) is 0 Å². The molecule has 4 nitrogen and oxygen atoms in total. The summed E-state index contributed by atoms with van der Waals surface area (Å²) >= 11 is 0. The van der Waals surface area contributed by atoms with Crippen molar-refractivity contribution >= 4 is 15.6 Å². The van der Waals surface area contributed by atoms with Crippen molar-refractivity contribution in [2.24, 2.45) is 5.92 Å². The summed E-state index contributed by atoms with van der Waals surface area (Å²) in [7, 11) is -3.51. The third kappa shape index (κ3) is 1.83. The van der Waals surface area contributed by atoms with Gasteiger partial charge in [-0.15, -0.1) is 0 Å². The maximum atomic E-state index is 12.5. The van der Waals surface area contributed by atoms with Gasteiger partial charge in [-0.05, 0) is 30.9 Å². The molecule has 0 unspecified atom stereocenters. The van der Waals surface area contributed by atoms with E-state index in [4.69, 9.17) is 0 Å². The van der Waals surface area contributed by atoms with Crippen LogP contribution in [-0.2, 0) is 14.6 Å². The van der Waals surface area contributed by atoms with E-state index in [1.165, 1.54) is 0 Å². The standard InChI is InChI=1S/C14H16O4S/c15-11-6-7-14(16)10(8-11)9-13(14)19(17,18)12-4-2-1-3-5-12/h1-5,10,13,16H,6-9H2/t10-,13-,14+/m0/s1. The van der Waals surface area contributed by atoms with E-state index in [2.05, 4.69) is 0 Å². The number of rotatable bonds is 2. The highest BCUT2D eigenvalue weighted by Gasteiger charge is 2.61. The van der Waals surface area contributed by atoms with Crippen LogP contribution >= 0.6 is 0 Å². The molecule has 0 heterocycles. The highest BCUT2D eigenvalue weighted by molar-refractivity contribution is 7.92. The number of ketones is 1. The second kappa shape index (κ2) is 4.15. The lowest BCUT2D eigenvalue weighted by atomic mass is 9.61. The third-order valence-corrected chi connectivity index (χ3v) is 6.77. The smallest absolute Gasteiger partial charge is 0.184 e. The molecule has 102 valence electrons. The molecule has 5 heteroatoms. The van der Waals surface area contributed by atoms with Crippen LogP contribution in [0.4, 0.5) is 0 Å². The Bertz CT molecular complexity index is 608. The summed E-state index contributed by atoms with van der Waals surface area (Å²) in [6, 6.07) is 8.23. The summed E-state index contributed by atoms with van der Waals surface area (Å²) in [4.78, 5) is 11.6. The average Bonchev–Trinajstić information content (AvgIpc) is 2.39. The number of aliphatic hydroxyl groups is 1. The van der Waals surface area contributed by atoms with Gasteiger partial charge in [-0.1, -0.05) is 18.2 Å². The van der Waals surface area contributed by atoms with Crippen LogP contribution in [0.1, 0.15) is 25.7 Å². The Morgan fingerprint density at radius 3 is 2.53 bits per heavy atom. The second-order valence-corrected chi connectivity index (χ2v) is 7.64. The predicted molar refractivity (Wildman–Crippen MR) is 69.3 cm³/mol. The molecule has 0 spiro atoms. The minimum absolute atomic E-state index is 0.130. The van der Waals surface area contributed by atoms with Crippen molar-refractivity contribution in [2.75, 3.05) is 0 Å². The summed E-state index contributed by atoms with van der Waals surface area (Å²) in [6.07, 6.45) is 1.26. The van der Waals surface area contributed by atoms with Crippen molar-refractivity contribution in [3.05, 3.63) is 30.3 Å². The van der Waals surface area contributed by atoms with Crippen LogP contribution in [-0.4, -0.2) is 30.2 Å². The minimum atomic E-state index is -3.51. The molecule has 0 amide bonds. The van der Waals surface area contributed by atoms with Gasteiger partial charge in [-0.25, -0.2) is 8.42 Å². The number of hydrogen-bond acceptors (Lipinski definition) is 4. The van der Waals surface area contributed by atoms with Gasteiger partial charge in [-0.2, -0.15) is 0 Å². The maximum absolute atomic E-state index is 12.5. The van der Waals surface area contributed by atoms with Crippen LogP contribution in [0, 0.1) is 5.92 Å². The molecule has 1 N–H and O–H groups in total. The Balaban J connectivity index is 1.91. The topological polar surface area (TPSA) is 71.4 Å². The van der Waals surface area contributed by atoms with E-state index in [-0.39, 0.29) is 29.4 Å². The van der Waals surface area contributed by atoms with Crippen molar-refractivity contribution in [1.82, 2.24) is 0 Å². The molecule has 0 bridgehead atoms. The van der Waals surface area contributed by atoms with Crippen LogP contribution in [0.25, 0.3) is 0 Å². The highest BCUT2D eigenvalue weighted by atomic mass is 32.2. The van der Waals surface area contributed by atoms with E-state index in [9.17, 15) is 18.3 Å². The molecular formula is C14H16O4S. The number of Topliss-reactive ketones (excluding diaryl/α,β-unsaturated/α-hetero) is 1. The van der Waals surface area contributed by atoms with Crippen molar-refractivity contribution in [1.29, 1.82) is 0 Å². The molecule has 2 fully saturated rings. The number of benzene rings is 1. The molecule has 3 rings (SSSR count). The van der Waals surface area contributed by atoms with Gasteiger partial charge in [0, 0.05) is 12.8 Å². The first-order valence-electron chi connectivity index (χ1n) is 6.47. The van der Waals surface area contributed by atoms with E-state index >= 15 is 0 Å². The molecule has 0 radical (unpaired) electrons. The summed E-state index contributed by atoms with van der Waals surface area (Å²) < 4.78 is 25.0. The molecule has 3 atom stereocenters. The van der Waals surface area contributed by atoms with Crippen LogP contribution in [0.5, 0.6) is 0 Å². The average molecular weight is 280 g/mol. The zero-order chi connectivity index (χ0) is 13.7. The number of fused-ring (bicyclic) bond motifs is 1. The normalized spacial score (nSPS) is 34.5. The Morgan fingerprint density at radius 1 is 1.21 bits per heavy atom. The fraction of sp³-hybridized carbons (Fsp3) is 0.500. The maximum Gasteiger partial charge on any atom is 0.184 e. The lowest BCUT2D eigenvalue weighted by molar-refractivity contribution is -0.145. The second-order valence-electron chi connectivity index (χ2n) is 5.51. The van der Waals surface area contributed by atoms with E-state index in [1.54, 1.807) is 30.3 Å². The third-order valence-electron chi connectivity index (χ3n) is 4.49.